The number of rotatable bonds is 6. The molecule has 0 aliphatic rings. The van der Waals surface area contributed by atoms with Crippen LogP contribution >= 0.6 is 15.9 Å². The Balaban J connectivity index is 2.30. The molecule has 1 aromatic heterocycles. The standard InChI is InChI=1S/C21H29BrN2O3Si/c1-15(24(20(25)26)27-28(5,6)21(2,3)4)11-16-9-7-8-10-19(16)17-12-18(22)14-23-13-17/h7-10,12-15H,11H2,1-6H3,(H,25,26). The number of carboxylic acid groups (broad SMARTS) is 1. The monoisotopic (exact) mass is 464 g/mol. The molecule has 0 saturated heterocycles. The van der Waals surface area contributed by atoms with Gasteiger partial charge in [-0.15, -0.1) is 0 Å². The summed E-state index contributed by atoms with van der Waals surface area (Å²) in [6, 6.07) is 9.69. The van der Waals surface area contributed by atoms with Gasteiger partial charge in [0.25, 0.3) is 0 Å². The lowest BCUT2D eigenvalue weighted by molar-refractivity contribution is -0.0760. The number of halogens is 1. The molecule has 0 aliphatic carbocycles. The SMILES string of the molecule is CC(Cc1ccccc1-c1cncc(Br)c1)N(O[Si](C)(C)C(C)(C)C)C(=O)O. The van der Waals surface area contributed by atoms with Gasteiger partial charge in [0.15, 0.2) is 0 Å². The van der Waals surface area contributed by atoms with Crippen LogP contribution in [0.2, 0.25) is 18.1 Å². The van der Waals surface area contributed by atoms with Gasteiger partial charge in [-0.25, -0.2) is 4.79 Å². The van der Waals surface area contributed by atoms with Crippen LogP contribution in [0, 0.1) is 0 Å². The van der Waals surface area contributed by atoms with E-state index in [0.717, 1.165) is 26.2 Å². The van der Waals surface area contributed by atoms with Gasteiger partial charge in [-0.1, -0.05) is 45.0 Å². The van der Waals surface area contributed by atoms with E-state index in [1.807, 2.05) is 43.5 Å². The molecule has 1 N–H and O–H groups in total. The van der Waals surface area contributed by atoms with Crippen molar-refractivity contribution in [2.75, 3.05) is 0 Å². The van der Waals surface area contributed by atoms with Crippen LogP contribution in [0.15, 0.2) is 47.2 Å². The van der Waals surface area contributed by atoms with Gasteiger partial charge in [-0.3, -0.25) is 4.98 Å². The number of nitrogens with zero attached hydrogens (tertiary/aromatic N) is 2. The van der Waals surface area contributed by atoms with Crippen molar-refractivity contribution in [2.45, 2.75) is 58.3 Å². The first-order valence-corrected chi connectivity index (χ1v) is 13.0. The third kappa shape index (κ3) is 5.43. The summed E-state index contributed by atoms with van der Waals surface area (Å²) in [5.41, 5.74) is 3.09. The van der Waals surface area contributed by atoms with E-state index in [1.165, 1.54) is 0 Å². The highest BCUT2D eigenvalue weighted by Gasteiger charge is 2.42. The first kappa shape index (κ1) is 22.6. The highest BCUT2D eigenvalue weighted by Crippen LogP contribution is 2.37. The summed E-state index contributed by atoms with van der Waals surface area (Å²) in [6.07, 6.45) is 3.05. The molecule has 0 spiro atoms. The molecule has 0 radical (unpaired) electrons. The van der Waals surface area contributed by atoms with Crippen molar-refractivity contribution >= 4 is 30.3 Å². The largest absolute Gasteiger partial charge is 0.463 e. The zero-order valence-electron chi connectivity index (χ0n) is 17.4. The molecule has 0 bridgehead atoms. The van der Waals surface area contributed by atoms with Gasteiger partial charge >= 0.3 is 6.09 Å². The number of benzene rings is 1. The summed E-state index contributed by atoms with van der Waals surface area (Å²) in [7, 11) is -2.27. The molecular formula is C21H29BrN2O3Si. The van der Waals surface area contributed by atoms with Crippen LogP contribution in [0.4, 0.5) is 4.79 Å². The molecule has 0 saturated carbocycles. The quantitative estimate of drug-likeness (QED) is 0.398. The Hall–Kier alpha value is -1.70. The number of pyridine rings is 1. The average molecular weight is 465 g/mol. The van der Waals surface area contributed by atoms with Crippen LogP contribution in [-0.2, 0) is 10.9 Å². The number of amides is 1. The van der Waals surface area contributed by atoms with E-state index in [1.54, 1.807) is 6.20 Å². The first-order chi connectivity index (χ1) is 12.9. The Morgan fingerprint density at radius 1 is 1.29 bits per heavy atom. The van der Waals surface area contributed by atoms with E-state index in [-0.39, 0.29) is 11.1 Å². The van der Waals surface area contributed by atoms with Crippen molar-refractivity contribution in [2.24, 2.45) is 0 Å². The third-order valence-electron chi connectivity index (χ3n) is 5.27. The van der Waals surface area contributed by atoms with Gasteiger partial charge in [0, 0.05) is 22.4 Å². The molecule has 2 rings (SSSR count). The van der Waals surface area contributed by atoms with Crippen molar-refractivity contribution in [3.8, 4) is 11.1 Å². The fourth-order valence-corrected chi connectivity index (χ4v) is 4.03. The lowest BCUT2D eigenvalue weighted by atomic mass is 9.96. The molecule has 0 fully saturated rings. The van der Waals surface area contributed by atoms with Crippen molar-refractivity contribution < 1.29 is 14.4 Å². The molecule has 1 atom stereocenters. The van der Waals surface area contributed by atoms with Crippen LogP contribution in [0.25, 0.3) is 11.1 Å². The second kappa shape index (κ2) is 8.76. The minimum absolute atomic E-state index is 0.0830. The minimum Gasteiger partial charge on any atom is -0.463 e. The average Bonchev–Trinajstić information content (AvgIpc) is 2.59. The number of hydroxylamine groups is 2. The Morgan fingerprint density at radius 3 is 2.50 bits per heavy atom. The number of aromatic nitrogens is 1. The normalized spacial score (nSPS) is 13.2. The lowest BCUT2D eigenvalue weighted by Crippen LogP contribution is -2.51. The maximum absolute atomic E-state index is 11.9. The summed E-state index contributed by atoms with van der Waals surface area (Å²) in [6.45, 7) is 12.3. The van der Waals surface area contributed by atoms with E-state index in [2.05, 4.69) is 54.8 Å². The summed E-state index contributed by atoms with van der Waals surface area (Å²) >= 11 is 3.46. The van der Waals surface area contributed by atoms with Gasteiger partial charge in [-0.2, -0.15) is 5.06 Å². The molecule has 5 nitrogen and oxygen atoms in total. The molecule has 1 heterocycles. The molecular weight excluding hydrogens is 436 g/mol. The lowest BCUT2D eigenvalue weighted by Gasteiger charge is -2.40. The second-order valence-electron chi connectivity index (χ2n) is 8.56. The fraction of sp³-hybridized carbons (Fsp3) is 0.429. The predicted molar refractivity (Wildman–Crippen MR) is 119 cm³/mol. The zero-order valence-corrected chi connectivity index (χ0v) is 19.9. The molecule has 28 heavy (non-hydrogen) atoms. The molecule has 1 aromatic carbocycles. The van der Waals surface area contributed by atoms with Gasteiger partial charge in [-0.05, 0) is 64.6 Å². The summed E-state index contributed by atoms with van der Waals surface area (Å²) < 4.78 is 7.02. The maximum atomic E-state index is 11.9. The van der Waals surface area contributed by atoms with Crippen LogP contribution in [0.3, 0.4) is 0 Å². The number of hydrogen-bond acceptors (Lipinski definition) is 3. The molecule has 2 aromatic rings. The van der Waals surface area contributed by atoms with Gasteiger partial charge < -0.3 is 9.63 Å². The van der Waals surface area contributed by atoms with Gasteiger partial charge in [0.05, 0.1) is 6.04 Å². The topological polar surface area (TPSA) is 62.7 Å². The van der Waals surface area contributed by atoms with E-state index in [0.29, 0.717) is 6.42 Å². The van der Waals surface area contributed by atoms with Gasteiger partial charge in [0.1, 0.15) is 0 Å². The maximum Gasteiger partial charge on any atom is 0.430 e. The highest BCUT2D eigenvalue weighted by atomic mass is 79.9. The first-order valence-electron chi connectivity index (χ1n) is 9.32. The van der Waals surface area contributed by atoms with Crippen LogP contribution in [-0.4, -0.2) is 35.6 Å². The molecule has 1 unspecified atom stereocenters. The van der Waals surface area contributed by atoms with Crippen molar-refractivity contribution in [1.29, 1.82) is 0 Å². The van der Waals surface area contributed by atoms with Crippen LogP contribution in [0.5, 0.6) is 0 Å². The van der Waals surface area contributed by atoms with E-state index < -0.39 is 14.4 Å². The number of hydrogen-bond donors (Lipinski definition) is 1. The van der Waals surface area contributed by atoms with Crippen LogP contribution < -0.4 is 0 Å². The van der Waals surface area contributed by atoms with E-state index in [4.69, 9.17) is 4.53 Å². The third-order valence-corrected chi connectivity index (χ3v) is 9.97. The Labute approximate surface area is 177 Å². The van der Waals surface area contributed by atoms with E-state index >= 15 is 0 Å². The van der Waals surface area contributed by atoms with Crippen molar-refractivity contribution in [1.82, 2.24) is 10.0 Å². The predicted octanol–water partition coefficient (Wildman–Crippen LogP) is 6.36. The van der Waals surface area contributed by atoms with Gasteiger partial charge in [0.2, 0.25) is 8.32 Å². The Bertz CT molecular complexity index is 836. The number of carbonyl (C=O) groups is 1. The minimum atomic E-state index is -2.27. The smallest absolute Gasteiger partial charge is 0.430 e. The molecule has 1 amide bonds. The highest BCUT2D eigenvalue weighted by molar-refractivity contribution is 9.10. The second-order valence-corrected chi connectivity index (χ2v) is 14.2. The molecule has 0 aliphatic heterocycles. The summed E-state index contributed by atoms with van der Waals surface area (Å²) in [4.78, 5) is 16.2. The summed E-state index contributed by atoms with van der Waals surface area (Å²) in [5, 5.41) is 10.8. The van der Waals surface area contributed by atoms with Crippen molar-refractivity contribution in [3.63, 3.8) is 0 Å². The summed E-state index contributed by atoms with van der Waals surface area (Å²) in [5.74, 6) is 0. The van der Waals surface area contributed by atoms with Crippen LogP contribution in [0.1, 0.15) is 33.3 Å². The van der Waals surface area contributed by atoms with E-state index in [9.17, 15) is 9.90 Å². The molecule has 7 heteroatoms. The Kier molecular flexibility index (Phi) is 7.06. The fourth-order valence-electron chi connectivity index (χ4n) is 2.64. The zero-order chi connectivity index (χ0) is 21.1. The van der Waals surface area contributed by atoms with Crippen molar-refractivity contribution in [3.05, 3.63) is 52.8 Å². The molecule has 152 valence electrons. The Morgan fingerprint density at radius 2 is 1.93 bits per heavy atom.